The molecular formula is C17H26N2O3. The van der Waals surface area contributed by atoms with Crippen molar-refractivity contribution in [3.8, 4) is 5.88 Å². The molecule has 0 aromatic carbocycles. The molecule has 1 fully saturated rings. The number of carbonyl (C=O) groups excluding carboxylic acids is 1. The number of nitrogens with zero attached hydrogens (tertiary/aromatic N) is 1. The minimum absolute atomic E-state index is 0.0593. The van der Waals surface area contributed by atoms with Crippen LogP contribution < -0.4 is 10.1 Å². The van der Waals surface area contributed by atoms with E-state index in [1.54, 1.807) is 13.2 Å². The Morgan fingerprint density at radius 3 is 2.86 bits per heavy atom. The fourth-order valence-corrected chi connectivity index (χ4v) is 3.20. The van der Waals surface area contributed by atoms with Crippen LogP contribution in [0.3, 0.4) is 0 Å². The second-order valence-corrected chi connectivity index (χ2v) is 6.07. The van der Waals surface area contributed by atoms with Crippen LogP contribution in [-0.4, -0.2) is 30.2 Å². The van der Waals surface area contributed by atoms with Gasteiger partial charge in [-0.3, -0.25) is 4.79 Å². The summed E-state index contributed by atoms with van der Waals surface area (Å²) in [5.74, 6) is 0.985. The van der Waals surface area contributed by atoms with Crippen LogP contribution in [0.4, 0.5) is 5.69 Å². The van der Waals surface area contributed by atoms with Crippen LogP contribution in [0.2, 0.25) is 0 Å². The maximum Gasteiger partial charge on any atom is 0.256 e. The highest BCUT2D eigenvalue weighted by molar-refractivity contribution is 5.97. The van der Waals surface area contributed by atoms with E-state index in [1.807, 2.05) is 19.9 Å². The number of aromatic nitrogens is 1. The van der Waals surface area contributed by atoms with Gasteiger partial charge in [-0.05, 0) is 45.1 Å². The van der Waals surface area contributed by atoms with Crippen molar-refractivity contribution >= 4 is 11.6 Å². The van der Waals surface area contributed by atoms with Gasteiger partial charge >= 0.3 is 0 Å². The zero-order valence-corrected chi connectivity index (χ0v) is 13.9. The van der Waals surface area contributed by atoms with E-state index in [0.717, 1.165) is 31.4 Å². The molecule has 0 bridgehead atoms. The van der Waals surface area contributed by atoms with Crippen molar-refractivity contribution in [3.05, 3.63) is 17.8 Å². The van der Waals surface area contributed by atoms with Gasteiger partial charge in [-0.2, -0.15) is 0 Å². The molecule has 5 heteroatoms. The zero-order chi connectivity index (χ0) is 16.2. The molecule has 1 aliphatic rings. The van der Waals surface area contributed by atoms with Crippen molar-refractivity contribution in [3.63, 3.8) is 0 Å². The standard InChI is InChI=1S/C17H26N2O3/c1-5-22-17(10-6-7-12(2)11-17)16(20)19-14-8-9-15(21-4)18-13(14)3/h8-9,12H,5-7,10-11H2,1-4H3,(H,19,20)/t12-,17+/m1/s1. The number of hydrogen-bond donors (Lipinski definition) is 1. The summed E-state index contributed by atoms with van der Waals surface area (Å²) in [6.45, 7) is 6.52. The average Bonchev–Trinajstić information content (AvgIpc) is 2.49. The van der Waals surface area contributed by atoms with E-state index in [-0.39, 0.29) is 5.91 Å². The molecule has 2 atom stereocenters. The van der Waals surface area contributed by atoms with Gasteiger partial charge in [0, 0.05) is 12.7 Å². The maximum absolute atomic E-state index is 12.8. The molecule has 2 rings (SSSR count). The Morgan fingerprint density at radius 2 is 2.27 bits per heavy atom. The lowest BCUT2D eigenvalue weighted by Crippen LogP contribution is -2.48. The van der Waals surface area contributed by atoms with Crippen LogP contribution in [0.1, 0.15) is 45.2 Å². The fraction of sp³-hybridized carbons (Fsp3) is 0.647. The molecule has 1 heterocycles. The highest BCUT2D eigenvalue weighted by Gasteiger charge is 2.42. The second-order valence-electron chi connectivity index (χ2n) is 6.07. The Morgan fingerprint density at radius 1 is 1.50 bits per heavy atom. The van der Waals surface area contributed by atoms with E-state index in [4.69, 9.17) is 9.47 Å². The predicted octanol–water partition coefficient (Wildman–Crippen LogP) is 3.32. The molecule has 0 unspecified atom stereocenters. The number of pyridine rings is 1. The third-order valence-corrected chi connectivity index (χ3v) is 4.31. The third kappa shape index (κ3) is 3.58. The molecule has 1 saturated carbocycles. The highest BCUT2D eigenvalue weighted by atomic mass is 16.5. The Balaban J connectivity index is 2.18. The number of rotatable bonds is 5. The summed E-state index contributed by atoms with van der Waals surface area (Å²) in [5, 5.41) is 3.00. The Kier molecular flexibility index (Phi) is 5.40. The normalized spacial score (nSPS) is 24.8. The van der Waals surface area contributed by atoms with Gasteiger partial charge in [0.05, 0.1) is 18.5 Å². The van der Waals surface area contributed by atoms with Gasteiger partial charge in [0.25, 0.3) is 5.91 Å². The molecule has 122 valence electrons. The summed E-state index contributed by atoms with van der Waals surface area (Å²) in [6, 6.07) is 3.57. The molecule has 0 aliphatic heterocycles. The van der Waals surface area contributed by atoms with E-state index in [0.29, 0.717) is 24.1 Å². The summed E-state index contributed by atoms with van der Waals surface area (Å²) in [7, 11) is 1.58. The third-order valence-electron chi connectivity index (χ3n) is 4.31. The molecule has 1 aliphatic carbocycles. The fourth-order valence-electron chi connectivity index (χ4n) is 3.20. The van der Waals surface area contributed by atoms with Crippen LogP contribution in [0, 0.1) is 12.8 Å². The molecule has 5 nitrogen and oxygen atoms in total. The van der Waals surface area contributed by atoms with E-state index < -0.39 is 5.60 Å². The summed E-state index contributed by atoms with van der Waals surface area (Å²) in [4.78, 5) is 17.1. The van der Waals surface area contributed by atoms with E-state index in [2.05, 4.69) is 17.2 Å². The van der Waals surface area contributed by atoms with Gasteiger partial charge in [0.15, 0.2) is 0 Å². The quantitative estimate of drug-likeness (QED) is 0.906. The molecule has 0 radical (unpaired) electrons. The van der Waals surface area contributed by atoms with Gasteiger partial charge in [0.1, 0.15) is 5.60 Å². The van der Waals surface area contributed by atoms with Crippen LogP contribution in [-0.2, 0) is 9.53 Å². The highest BCUT2D eigenvalue weighted by Crippen LogP contribution is 2.36. The first-order valence-corrected chi connectivity index (χ1v) is 7.98. The number of nitrogens with one attached hydrogen (secondary N) is 1. The molecule has 22 heavy (non-hydrogen) atoms. The SMILES string of the molecule is CCO[C@@]1(C(=O)Nc2ccc(OC)nc2C)CCC[C@@H](C)C1. The van der Waals surface area contributed by atoms with Crippen molar-refractivity contribution in [2.75, 3.05) is 19.0 Å². The Hall–Kier alpha value is -1.62. The Labute approximate surface area is 132 Å². The number of anilines is 1. The Bertz CT molecular complexity index is 529. The molecular weight excluding hydrogens is 280 g/mol. The van der Waals surface area contributed by atoms with Gasteiger partial charge in [-0.25, -0.2) is 4.98 Å². The largest absolute Gasteiger partial charge is 0.481 e. The van der Waals surface area contributed by atoms with Crippen molar-refractivity contribution in [1.29, 1.82) is 0 Å². The number of carbonyl (C=O) groups is 1. The van der Waals surface area contributed by atoms with E-state index in [1.165, 1.54) is 0 Å². The summed E-state index contributed by atoms with van der Waals surface area (Å²) < 4.78 is 11.0. The number of ether oxygens (including phenoxy) is 2. The average molecular weight is 306 g/mol. The van der Waals surface area contributed by atoms with E-state index in [9.17, 15) is 4.79 Å². The molecule has 1 aromatic rings. The van der Waals surface area contributed by atoms with Crippen LogP contribution in [0.15, 0.2) is 12.1 Å². The van der Waals surface area contributed by atoms with Crippen LogP contribution >= 0.6 is 0 Å². The van der Waals surface area contributed by atoms with Gasteiger partial charge in [0.2, 0.25) is 5.88 Å². The van der Waals surface area contributed by atoms with Gasteiger partial charge < -0.3 is 14.8 Å². The maximum atomic E-state index is 12.8. The number of amides is 1. The van der Waals surface area contributed by atoms with Crippen molar-refractivity contribution in [2.45, 2.75) is 52.1 Å². The monoisotopic (exact) mass is 306 g/mol. The predicted molar refractivity (Wildman–Crippen MR) is 86.1 cm³/mol. The van der Waals surface area contributed by atoms with Crippen LogP contribution in [0.5, 0.6) is 5.88 Å². The van der Waals surface area contributed by atoms with Crippen molar-refractivity contribution in [1.82, 2.24) is 4.98 Å². The first kappa shape index (κ1) is 16.7. The van der Waals surface area contributed by atoms with Crippen molar-refractivity contribution in [2.24, 2.45) is 5.92 Å². The van der Waals surface area contributed by atoms with Gasteiger partial charge in [-0.15, -0.1) is 0 Å². The minimum atomic E-state index is -0.710. The summed E-state index contributed by atoms with van der Waals surface area (Å²) >= 11 is 0. The molecule has 0 spiro atoms. The van der Waals surface area contributed by atoms with Gasteiger partial charge in [-0.1, -0.05) is 13.3 Å². The summed E-state index contributed by atoms with van der Waals surface area (Å²) in [5.41, 5.74) is 0.741. The zero-order valence-electron chi connectivity index (χ0n) is 13.9. The second kappa shape index (κ2) is 7.09. The minimum Gasteiger partial charge on any atom is -0.481 e. The summed E-state index contributed by atoms with van der Waals surface area (Å²) in [6.07, 6.45) is 3.73. The molecule has 1 amide bonds. The number of aryl methyl sites for hydroxylation is 1. The smallest absolute Gasteiger partial charge is 0.256 e. The lowest BCUT2D eigenvalue weighted by Gasteiger charge is -2.38. The van der Waals surface area contributed by atoms with Crippen LogP contribution in [0.25, 0.3) is 0 Å². The number of methoxy groups -OCH3 is 1. The molecule has 1 N–H and O–H groups in total. The first-order valence-electron chi connectivity index (χ1n) is 7.98. The first-order chi connectivity index (χ1) is 10.5. The molecule has 1 aromatic heterocycles. The molecule has 0 saturated heterocycles. The lowest BCUT2D eigenvalue weighted by atomic mass is 9.78. The topological polar surface area (TPSA) is 60.5 Å². The van der Waals surface area contributed by atoms with E-state index >= 15 is 0 Å². The lowest BCUT2D eigenvalue weighted by molar-refractivity contribution is -0.147. The number of hydrogen-bond acceptors (Lipinski definition) is 4. The van der Waals surface area contributed by atoms with Crippen molar-refractivity contribution < 1.29 is 14.3 Å².